The van der Waals surface area contributed by atoms with Crippen molar-refractivity contribution < 1.29 is 9.53 Å². The maximum Gasteiger partial charge on any atom is 0.310 e. The number of rotatable bonds is 5. The Bertz CT molecular complexity index is 451. The van der Waals surface area contributed by atoms with E-state index in [0.29, 0.717) is 18.7 Å². The molecular formula is C14H18N2O2. The summed E-state index contributed by atoms with van der Waals surface area (Å²) in [4.78, 5) is 13.5. The Labute approximate surface area is 108 Å². The third-order valence-corrected chi connectivity index (χ3v) is 2.65. The maximum absolute atomic E-state index is 11.5. The summed E-state index contributed by atoms with van der Waals surface area (Å²) in [6.07, 6.45) is 0. The number of benzene rings is 1. The van der Waals surface area contributed by atoms with Crippen molar-refractivity contribution in [2.45, 2.75) is 13.8 Å². The van der Waals surface area contributed by atoms with Gasteiger partial charge in [0.2, 0.25) is 0 Å². The number of carbonyl (C=O) groups is 1. The lowest BCUT2D eigenvalue weighted by atomic mass is 10.1. The number of anilines is 1. The van der Waals surface area contributed by atoms with Crippen LogP contribution in [0.25, 0.3) is 0 Å². The first-order valence-electron chi connectivity index (χ1n) is 5.96. The summed E-state index contributed by atoms with van der Waals surface area (Å²) < 4.78 is 4.97. The first-order chi connectivity index (χ1) is 8.58. The lowest BCUT2D eigenvalue weighted by Crippen LogP contribution is -2.29. The van der Waals surface area contributed by atoms with E-state index < -0.39 is 0 Å². The standard InChI is InChI=1S/C14H18N2O2/c1-4-18-14(17)11(2)10-16(3)13-7-5-6-12(8-13)9-15/h5-8,11H,4,10H2,1-3H3. The fourth-order valence-corrected chi connectivity index (χ4v) is 1.69. The van der Waals surface area contributed by atoms with Crippen molar-refractivity contribution in [2.24, 2.45) is 5.92 Å². The molecule has 0 heterocycles. The van der Waals surface area contributed by atoms with E-state index in [0.717, 1.165) is 5.69 Å². The van der Waals surface area contributed by atoms with Crippen molar-refractivity contribution in [2.75, 3.05) is 25.1 Å². The minimum absolute atomic E-state index is 0.194. The fraction of sp³-hybridized carbons (Fsp3) is 0.429. The van der Waals surface area contributed by atoms with Crippen LogP contribution in [0.2, 0.25) is 0 Å². The second-order valence-electron chi connectivity index (χ2n) is 4.20. The number of esters is 1. The second-order valence-corrected chi connectivity index (χ2v) is 4.20. The van der Waals surface area contributed by atoms with E-state index in [2.05, 4.69) is 6.07 Å². The van der Waals surface area contributed by atoms with Crippen molar-refractivity contribution in [3.05, 3.63) is 29.8 Å². The fourth-order valence-electron chi connectivity index (χ4n) is 1.69. The van der Waals surface area contributed by atoms with E-state index in [1.54, 1.807) is 19.1 Å². The molecule has 0 radical (unpaired) electrons. The molecule has 1 aromatic rings. The highest BCUT2D eigenvalue weighted by molar-refractivity contribution is 5.73. The van der Waals surface area contributed by atoms with Gasteiger partial charge in [-0.2, -0.15) is 5.26 Å². The van der Waals surface area contributed by atoms with Crippen LogP contribution < -0.4 is 4.90 Å². The van der Waals surface area contributed by atoms with Crippen LogP contribution in [0, 0.1) is 17.2 Å². The highest BCUT2D eigenvalue weighted by atomic mass is 16.5. The van der Waals surface area contributed by atoms with Crippen LogP contribution in [0.5, 0.6) is 0 Å². The molecule has 0 N–H and O–H groups in total. The van der Waals surface area contributed by atoms with Gasteiger partial charge in [0.05, 0.1) is 24.2 Å². The zero-order chi connectivity index (χ0) is 13.5. The molecular weight excluding hydrogens is 228 g/mol. The number of ether oxygens (including phenoxy) is 1. The minimum atomic E-state index is -0.194. The first kappa shape index (κ1) is 14.0. The van der Waals surface area contributed by atoms with E-state index in [1.165, 1.54) is 0 Å². The molecule has 1 aromatic carbocycles. The van der Waals surface area contributed by atoms with E-state index in [4.69, 9.17) is 10.00 Å². The Hall–Kier alpha value is -2.02. The molecule has 18 heavy (non-hydrogen) atoms. The molecule has 1 unspecified atom stereocenters. The Balaban J connectivity index is 2.67. The van der Waals surface area contributed by atoms with Gasteiger partial charge in [0.15, 0.2) is 0 Å². The summed E-state index contributed by atoms with van der Waals surface area (Å²) in [5.41, 5.74) is 1.54. The van der Waals surface area contributed by atoms with Crippen LogP contribution in [0.4, 0.5) is 5.69 Å². The van der Waals surface area contributed by atoms with Gasteiger partial charge in [-0.3, -0.25) is 4.79 Å². The molecule has 0 fully saturated rings. The van der Waals surface area contributed by atoms with Gasteiger partial charge in [-0.05, 0) is 25.1 Å². The van der Waals surface area contributed by atoms with Crippen molar-refractivity contribution in [1.82, 2.24) is 0 Å². The van der Waals surface area contributed by atoms with Crippen molar-refractivity contribution in [1.29, 1.82) is 5.26 Å². The smallest absolute Gasteiger partial charge is 0.310 e. The number of nitriles is 1. The predicted molar refractivity (Wildman–Crippen MR) is 70.2 cm³/mol. The van der Waals surface area contributed by atoms with Crippen LogP contribution in [0.1, 0.15) is 19.4 Å². The van der Waals surface area contributed by atoms with Crippen molar-refractivity contribution in [3.63, 3.8) is 0 Å². The summed E-state index contributed by atoms with van der Waals surface area (Å²) >= 11 is 0. The van der Waals surface area contributed by atoms with Crippen molar-refractivity contribution >= 4 is 11.7 Å². The molecule has 0 amide bonds. The van der Waals surface area contributed by atoms with E-state index >= 15 is 0 Å². The third kappa shape index (κ3) is 3.77. The average Bonchev–Trinajstić information content (AvgIpc) is 2.39. The van der Waals surface area contributed by atoms with E-state index in [9.17, 15) is 4.79 Å². The molecule has 4 heteroatoms. The molecule has 0 spiro atoms. The summed E-state index contributed by atoms with van der Waals surface area (Å²) in [6.45, 7) is 4.60. The Kier molecular flexibility index (Phi) is 5.19. The summed E-state index contributed by atoms with van der Waals surface area (Å²) in [6, 6.07) is 9.41. The lowest BCUT2D eigenvalue weighted by Gasteiger charge is -2.22. The molecule has 0 aliphatic heterocycles. The predicted octanol–water partition coefficient (Wildman–Crippen LogP) is 2.19. The summed E-state index contributed by atoms with van der Waals surface area (Å²) in [7, 11) is 1.90. The number of hydrogen-bond donors (Lipinski definition) is 0. The second kappa shape index (κ2) is 6.65. The topological polar surface area (TPSA) is 53.3 Å². The Morgan fingerprint density at radius 3 is 2.89 bits per heavy atom. The molecule has 1 atom stereocenters. The van der Waals surface area contributed by atoms with Gasteiger partial charge in [0.1, 0.15) is 0 Å². The zero-order valence-corrected chi connectivity index (χ0v) is 11.0. The monoisotopic (exact) mass is 246 g/mol. The Morgan fingerprint density at radius 2 is 2.28 bits per heavy atom. The molecule has 0 aliphatic carbocycles. The summed E-state index contributed by atoms with van der Waals surface area (Å²) in [5, 5.41) is 8.84. The number of carbonyl (C=O) groups excluding carboxylic acids is 1. The van der Waals surface area contributed by atoms with Gasteiger partial charge in [0.25, 0.3) is 0 Å². The molecule has 0 bridgehead atoms. The van der Waals surface area contributed by atoms with E-state index in [1.807, 2.05) is 31.0 Å². The summed E-state index contributed by atoms with van der Waals surface area (Å²) in [5.74, 6) is -0.388. The highest BCUT2D eigenvalue weighted by Crippen LogP contribution is 2.16. The van der Waals surface area contributed by atoms with E-state index in [-0.39, 0.29) is 11.9 Å². The van der Waals surface area contributed by atoms with Gasteiger partial charge in [-0.25, -0.2) is 0 Å². The van der Waals surface area contributed by atoms with Gasteiger partial charge in [-0.15, -0.1) is 0 Å². The SMILES string of the molecule is CCOC(=O)C(C)CN(C)c1cccc(C#N)c1. The lowest BCUT2D eigenvalue weighted by molar-refractivity contribution is -0.147. The molecule has 0 saturated heterocycles. The van der Waals surface area contributed by atoms with Crippen LogP contribution in [0.15, 0.2) is 24.3 Å². The molecule has 1 rings (SSSR count). The molecule has 96 valence electrons. The van der Waals surface area contributed by atoms with Crippen LogP contribution in [-0.2, 0) is 9.53 Å². The molecule has 0 aromatic heterocycles. The highest BCUT2D eigenvalue weighted by Gasteiger charge is 2.16. The van der Waals surface area contributed by atoms with Crippen molar-refractivity contribution in [3.8, 4) is 6.07 Å². The Morgan fingerprint density at radius 1 is 1.56 bits per heavy atom. The van der Waals surface area contributed by atoms with Gasteiger partial charge in [0, 0.05) is 19.3 Å². The quantitative estimate of drug-likeness (QED) is 0.747. The molecule has 0 aliphatic rings. The van der Waals surface area contributed by atoms with Crippen LogP contribution >= 0.6 is 0 Å². The third-order valence-electron chi connectivity index (χ3n) is 2.65. The minimum Gasteiger partial charge on any atom is -0.466 e. The molecule has 4 nitrogen and oxygen atoms in total. The van der Waals surface area contributed by atoms with Gasteiger partial charge >= 0.3 is 5.97 Å². The van der Waals surface area contributed by atoms with Gasteiger partial charge in [-0.1, -0.05) is 13.0 Å². The zero-order valence-electron chi connectivity index (χ0n) is 11.0. The first-order valence-corrected chi connectivity index (χ1v) is 5.96. The van der Waals surface area contributed by atoms with Crippen LogP contribution in [-0.4, -0.2) is 26.2 Å². The van der Waals surface area contributed by atoms with Crippen LogP contribution in [0.3, 0.4) is 0 Å². The van der Waals surface area contributed by atoms with Gasteiger partial charge < -0.3 is 9.64 Å². The normalized spacial score (nSPS) is 11.4. The number of hydrogen-bond acceptors (Lipinski definition) is 4. The molecule has 0 saturated carbocycles. The average molecular weight is 246 g/mol. The maximum atomic E-state index is 11.5. The number of nitrogens with zero attached hydrogens (tertiary/aromatic N) is 2. The largest absolute Gasteiger partial charge is 0.466 e.